The molecular weight excluding hydrogens is 252 g/mol. The van der Waals surface area contributed by atoms with E-state index in [1.807, 2.05) is 18.2 Å². The smallest absolute Gasteiger partial charge is 0.230 e. The molecule has 0 aliphatic carbocycles. The Kier molecular flexibility index (Phi) is 4.87. The number of aliphatic hydroxyl groups excluding tert-OH is 1. The number of nitrogens with one attached hydrogen (secondary N) is 1. The number of hydrogen-bond donors (Lipinski definition) is 2. The number of carbonyl (C=O) groups is 1. The van der Waals surface area contributed by atoms with Gasteiger partial charge in [-0.2, -0.15) is 0 Å². The average molecular weight is 266 g/mol. The molecule has 1 aromatic heterocycles. The fourth-order valence-electron chi connectivity index (χ4n) is 1.65. The highest BCUT2D eigenvalue weighted by atomic mass is 16.2. The lowest BCUT2D eigenvalue weighted by molar-refractivity contribution is -0.115. The van der Waals surface area contributed by atoms with Gasteiger partial charge < -0.3 is 10.4 Å². The van der Waals surface area contributed by atoms with Gasteiger partial charge in [-0.3, -0.25) is 9.78 Å². The molecule has 4 nitrogen and oxygen atoms in total. The molecule has 2 N–H and O–H groups in total. The van der Waals surface area contributed by atoms with E-state index in [4.69, 9.17) is 5.11 Å². The molecule has 2 rings (SSSR count). The summed E-state index contributed by atoms with van der Waals surface area (Å²) in [7, 11) is 0. The van der Waals surface area contributed by atoms with E-state index in [-0.39, 0.29) is 18.9 Å². The molecular formula is C16H14N2O2. The Labute approximate surface area is 117 Å². The monoisotopic (exact) mass is 266 g/mol. The quantitative estimate of drug-likeness (QED) is 0.830. The van der Waals surface area contributed by atoms with Gasteiger partial charge in [0.15, 0.2) is 0 Å². The molecule has 0 unspecified atom stereocenters. The van der Waals surface area contributed by atoms with Crippen molar-refractivity contribution in [2.75, 3.05) is 11.9 Å². The maximum Gasteiger partial charge on any atom is 0.230 e. The Morgan fingerprint density at radius 1 is 1.20 bits per heavy atom. The average Bonchev–Trinajstić information content (AvgIpc) is 2.47. The summed E-state index contributed by atoms with van der Waals surface area (Å²) >= 11 is 0. The van der Waals surface area contributed by atoms with Crippen molar-refractivity contribution < 1.29 is 9.90 Å². The summed E-state index contributed by atoms with van der Waals surface area (Å²) in [4.78, 5) is 15.9. The van der Waals surface area contributed by atoms with Crippen molar-refractivity contribution in [1.82, 2.24) is 4.98 Å². The predicted octanol–water partition coefficient (Wildman–Crippen LogP) is 1.61. The van der Waals surface area contributed by atoms with Gasteiger partial charge in [0.25, 0.3) is 0 Å². The van der Waals surface area contributed by atoms with E-state index in [1.54, 1.807) is 30.5 Å². The number of hydrogen-bond acceptors (Lipinski definition) is 3. The summed E-state index contributed by atoms with van der Waals surface area (Å²) in [6.45, 7) is -0.164. The summed E-state index contributed by atoms with van der Waals surface area (Å²) in [6.07, 6.45) is 1.91. The molecule has 0 saturated heterocycles. The second-order valence-electron chi connectivity index (χ2n) is 4.08. The third kappa shape index (κ3) is 4.23. The number of aromatic nitrogens is 1. The number of benzene rings is 1. The van der Waals surface area contributed by atoms with Crippen LogP contribution in [0.3, 0.4) is 0 Å². The van der Waals surface area contributed by atoms with Crippen molar-refractivity contribution in [2.45, 2.75) is 6.42 Å². The molecule has 0 aliphatic rings. The van der Waals surface area contributed by atoms with Gasteiger partial charge in [-0.1, -0.05) is 17.9 Å². The predicted molar refractivity (Wildman–Crippen MR) is 77.0 cm³/mol. The highest BCUT2D eigenvalue weighted by molar-refractivity contribution is 5.92. The van der Waals surface area contributed by atoms with E-state index < -0.39 is 0 Å². The molecule has 2 aromatic rings. The van der Waals surface area contributed by atoms with Gasteiger partial charge in [0.2, 0.25) is 5.91 Å². The zero-order valence-corrected chi connectivity index (χ0v) is 10.8. The van der Waals surface area contributed by atoms with E-state index in [0.717, 1.165) is 11.3 Å². The molecule has 0 spiro atoms. The highest BCUT2D eigenvalue weighted by Crippen LogP contribution is 2.09. The SMILES string of the molecule is O=C(Cc1ccccn1)Nc1ccc(C#CCO)cc1. The Bertz CT molecular complexity index is 625. The number of nitrogens with zero attached hydrogens (tertiary/aromatic N) is 1. The normalized spacial score (nSPS) is 9.45. The first kappa shape index (κ1) is 13.8. The van der Waals surface area contributed by atoms with Gasteiger partial charge in [0.1, 0.15) is 6.61 Å². The first-order valence-corrected chi connectivity index (χ1v) is 6.17. The molecule has 0 saturated carbocycles. The molecule has 0 atom stereocenters. The van der Waals surface area contributed by atoms with Crippen LogP contribution in [-0.2, 0) is 11.2 Å². The molecule has 100 valence electrons. The number of aliphatic hydroxyl groups is 1. The summed E-state index contributed by atoms with van der Waals surface area (Å²) in [6, 6.07) is 12.6. The number of carbonyl (C=O) groups excluding carboxylic acids is 1. The van der Waals surface area contributed by atoms with Crippen molar-refractivity contribution >= 4 is 11.6 Å². The maximum absolute atomic E-state index is 11.8. The van der Waals surface area contributed by atoms with Crippen LogP contribution in [0.2, 0.25) is 0 Å². The van der Waals surface area contributed by atoms with Crippen molar-refractivity contribution in [1.29, 1.82) is 0 Å². The second kappa shape index (κ2) is 7.07. The lowest BCUT2D eigenvalue weighted by atomic mass is 10.2. The first-order valence-electron chi connectivity index (χ1n) is 6.17. The van der Waals surface area contributed by atoms with Crippen LogP contribution in [0.25, 0.3) is 0 Å². The van der Waals surface area contributed by atoms with Crippen molar-refractivity contribution in [3.8, 4) is 11.8 Å². The van der Waals surface area contributed by atoms with E-state index in [0.29, 0.717) is 5.69 Å². The van der Waals surface area contributed by atoms with E-state index in [9.17, 15) is 4.79 Å². The molecule has 1 amide bonds. The third-order valence-electron chi connectivity index (χ3n) is 2.55. The first-order chi connectivity index (χ1) is 9.78. The van der Waals surface area contributed by atoms with Gasteiger partial charge in [-0.15, -0.1) is 0 Å². The summed E-state index contributed by atoms with van der Waals surface area (Å²) in [5, 5.41) is 11.4. The topological polar surface area (TPSA) is 62.2 Å². The summed E-state index contributed by atoms with van der Waals surface area (Å²) < 4.78 is 0. The number of rotatable bonds is 3. The molecule has 20 heavy (non-hydrogen) atoms. The minimum Gasteiger partial charge on any atom is -0.384 e. The van der Waals surface area contributed by atoms with Crippen LogP contribution in [0.1, 0.15) is 11.3 Å². The van der Waals surface area contributed by atoms with Gasteiger partial charge in [0.05, 0.1) is 6.42 Å². The van der Waals surface area contributed by atoms with Gasteiger partial charge >= 0.3 is 0 Å². The van der Waals surface area contributed by atoms with Crippen LogP contribution in [0.15, 0.2) is 48.7 Å². The molecule has 0 fully saturated rings. The highest BCUT2D eigenvalue weighted by Gasteiger charge is 2.04. The zero-order valence-electron chi connectivity index (χ0n) is 10.8. The fraction of sp³-hybridized carbons (Fsp3) is 0.125. The minimum atomic E-state index is -0.164. The van der Waals surface area contributed by atoms with E-state index in [1.165, 1.54) is 0 Å². The fourth-order valence-corrected chi connectivity index (χ4v) is 1.65. The molecule has 0 aliphatic heterocycles. The van der Waals surface area contributed by atoms with Crippen LogP contribution < -0.4 is 5.32 Å². The van der Waals surface area contributed by atoms with Crippen molar-refractivity contribution in [2.24, 2.45) is 0 Å². The largest absolute Gasteiger partial charge is 0.384 e. The van der Waals surface area contributed by atoms with E-state index in [2.05, 4.69) is 22.1 Å². The number of amides is 1. The van der Waals surface area contributed by atoms with Crippen LogP contribution in [0, 0.1) is 11.8 Å². The number of anilines is 1. The van der Waals surface area contributed by atoms with Crippen molar-refractivity contribution in [3.05, 3.63) is 59.9 Å². The number of pyridine rings is 1. The van der Waals surface area contributed by atoms with Gasteiger partial charge in [-0.05, 0) is 36.4 Å². The van der Waals surface area contributed by atoms with Crippen LogP contribution in [0.4, 0.5) is 5.69 Å². The Hall–Kier alpha value is -2.64. The lowest BCUT2D eigenvalue weighted by Gasteiger charge is -2.04. The van der Waals surface area contributed by atoms with E-state index >= 15 is 0 Å². The van der Waals surface area contributed by atoms with Crippen LogP contribution >= 0.6 is 0 Å². The Morgan fingerprint density at radius 2 is 2.00 bits per heavy atom. The molecule has 1 aromatic carbocycles. The zero-order chi connectivity index (χ0) is 14.2. The third-order valence-corrected chi connectivity index (χ3v) is 2.55. The Morgan fingerprint density at radius 3 is 2.65 bits per heavy atom. The minimum absolute atomic E-state index is 0.113. The second-order valence-corrected chi connectivity index (χ2v) is 4.08. The summed E-state index contributed by atoms with van der Waals surface area (Å²) in [5.74, 6) is 5.25. The van der Waals surface area contributed by atoms with Gasteiger partial charge in [-0.25, -0.2) is 0 Å². The van der Waals surface area contributed by atoms with Gasteiger partial charge in [0, 0.05) is 23.1 Å². The molecule has 0 radical (unpaired) electrons. The standard InChI is InChI=1S/C16H14N2O2/c19-11-3-4-13-6-8-14(9-7-13)18-16(20)12-15-5-1-2-10-17-15/h1-2,5-10,19H,11-12H2,(H,18,20). The van der Waals surface area contributed by atoms with Crippen molar-refractivity contribution in [3.63, 3.8) is 0 Å². The molecule has 4 heteroatoms. The molecule has 1 heterocycles. The van der Waals surface area contributed by atoms with Crippen LogP contribution in [-0.4, -0.2) is 22.6 Å². The molecule has 0 bridgehead atoms. The maximum atomic E-state index is 11.8. The van der Waals surface area contributed by atoms with Crippen LogP contribution in [0.5, 0.6) is 0 Å². The summed E-state index contributed by atoms with van der Waals surface area (Å²) in [5.41, 5.74) is 2.23. The Balaban J connectivity index is 1.94. The lowest BCUT2D eigenvalue weighted by Crippen LogP contribution is -2.14.